The number of hydrogen-bond acceptors (Lipinski definition) is 7. The lowest BCUT2D eigenvalue weighted by Crippen LogP contribution is -2.36. The molecule has 2 unspecified atom stereocenters. The van der Waals surface area contributed by atoms with Gasteiger partial charge in [0.2, 0.25) is 0 Å². The average molecular weight is 506 g/mol. The fourth-order valence-electron chi connectivity index (χ4n) is 4.45. The molecule has 2 atom stereocenters. The number of phenolic OH excluding ortho intramolecular Hbond substituents is 1. The maximum Gasteiger partial charge on any atom is 0.407 e. The number of carboxylic acids is 1. The molecular weight excluding hydrogens is 478 g/mol. The van der Waals surface area contributed by atoms with Gasteiger partial charge in [0.15, 0.2) is 11.5 Å². The average Bonchev–Trinajstić information content (AvgIpc) is 3.23. The SMILES string of the molecule is COc1cc(C=CC(=O)O)cc(C(O)C(O)CNC(=O)OCC2c3ccccc3-c3ccccc32)c1O. The van der Waals surface area contributed by atoms with Gasteiger partial charge >= 0.3 is 12.1 Å². The van der Waals surface area contributed by atoms with E-state index in [-0.39, 0.29) is 30.4 Å². The predicted octanol–water partition coefficient (Wildman–Crippen LogP) is 3.43. The van der Waals surface area contributed by atoms with Gasteiger partial charge in [0, 0.05) is 24.1 Å². The minimum atomic E-state index is -1.61. The summed E-state index contributed by atoms with van der Waals surface area (Å²) in [5, 5.41) is 42.8. The zero-order valence-electron chi connectivity index (χ0n) is 20.0. The van der Waals surface area contributed by atoms with Crippen molar-refractivity contribution in [1.29, 1.82) is 0 Å². The Labute approximate surface area is 213 Å². The lowest BCUT2D eigenvalue weighted by molar-refractivity contribution is -0.131. The van der Waals surface area contributed by atoms with Crippen LogP contribution in [0.3, 0.4) is 0 Å². The zero-order chi connectivity index (χ0) is 26.5. The second kappa shape index (κ2) is 11.2. The largest absolute Gasteiger partial charge is 0.504 e. The van der Waals surface area contributed by atoms with Gasteiger partial charge in [0.25, 0.3) is 0 Å². The fraction of sp³-hybridized carbons (Fsp3) is 0.214. The van der Waals surface area contributed by atoms with E-state index in [2.05, 4.69) is 5.32 Å². The van der Waals surface area contributed by atoms with Crippen LogP contribution >= 0.6 is 0 Å². The smallest absolute Gasteiger partial charge is 0.407 e. The first-order valence-corrected chi connectivity index (χ1v) is 11.6. The van der Waals surface area contributed by atoms with Gasteiger partial charge in [-0.15, -0.1) is 0 Å². The highest BCUT2D eigenvalue weighted by molar-refractivity contribution is 5.85. The Hall–Kier alpha value is -4.34. The maximum atomic E-state index is 12.4. The third-order valence-corrected chi connectivity index (χ3v) is 6.25. The van der Waals surface area contributed by atoms with Crippen molar-refractivity contribution in [2.75, 3.05) is 20.3 Å². The van der Waals surface area contributed by atoms with E-state index in [9.17, 15) is 24.9 Å². The van der Waals surface area contributed by atoms with Crippen LogP contribution < -0.4 is 10.1 Å². The molecule has 0 heterocycles. The summed E-state index contributed by atoms with van der Waals surface area (Å²) in [7, 11) is 1.30. The van der Waals surface area contributed by atoms with Crippen molar-refractivity contribution in [3.63, 3.8) is 0 Å². The number of rotatable bonds is 9. The van der Waals surface area contributed by atoms with Crippen LogP contribution in [0.5, 0.6) is 11.5 Å². The molecule has 0 radical (unpaired) electrons. The standard InChI is InChI=1S/C28H27NO8/c1-36-24-13-16(10-11-25(31)32)12-21(27(24)34)26(33)23(30)14-29-28(35)37-15-22-19-8-4-2-6-17(19)18-7-3-5-9-20(18)22/h2-13,22-23,26,30,33-34H,14-15H2,1H3,(H,29,35)(H,31,32). The van der Waals surface area contributed by atoms with E-state index in [0.717, 1.165) is 28.3 Å². The number of ether oxygens (including phenoxy) is 2. The molecule has 9 nitrogen and oxygen atoms in total. The molecule has 1 aliphatic rings. The van der Waals surface area contributed by atoms with Crippen molar-refractivity contribution < 1.29 is 39.5 Å². The minimum absolute atomic E-state index is 0.0155. The number of hydrogen-bond donors (Lipinski definition) is 5. The molecular formula is C28H27NO8. The quantitative estimate of drug-likeness (QED) is 0.278. The second-order valence-corrected chi connectivity index (χ2v) is 8.55. The van der Waals surface area contributed by atoms with Crippen LogP contribution in [0.4, 0.5) is 4.79 Å². The van der Waals surface area contributed by atoms with Crippen LogP contribution in [0.25, 0.3) is 17.2 Å². The number of alkyl carbamates (subject to hydrolysis) is 1. The summed E-state index contributed by atoms with van der Waals surface area (Å²) in [6.07, 6.45) is -1.75. The fourth-order valence-corrected chi connectivity index (χ4v) is 4.45. The second-order valence-electron chi connectivity index (χ2n) is 8.55. The molecule has 0 bridgehead atoms. The number of nitrogens with one attached hydrogen (secondary N) is 1. The highest BCUT2D eigenvalue weighted by atomic mass is 16.5. The Morgan fingerprint density at radius 1 is 1.03 bits per heavy atom. The Morgan fingerprint density at radius 3 is 2.24 bits per heavy atom. The maximum absolute atomic E-state index is 12.4. The molecule has 9 heteroatoms. The predicted molar refractivity (Wildman–Crippen MR) is 135 cm³/mol. The molecule has 37 heavy (non-hydrogen) atoms. The van der Waals surface area contributed by atoms with Crippen LogP contribution in [-0.4, -0.2) is 58.9 Å². The van der Waals surface area contributed by atoms with Gasteiger partial charge in [-0.2, -0.15) is 0 Å². The van der Waals surface area contributed by atoms with E-state index in [4.69, 9.17) is 14.6 Å². The topological polar surface area (TPSA) is 146 Å². The van der Waals surface area contributed by atoms with Crippen molar-refractivity contribution in [3.05, 3.63) is 89.0 Å². The first-order valence-electron chi connectivity index (χ1n) is 11.6. The molecule has 0 spiro atoms. The molecule has 0 saturated heterocycles. The van der Waals surface area contributed by atoms with Gasteiger partial charge < -0.3 is 35.2 Å². The summed E-state index contributed by atoms with van der Waals surface area (Å²) >= 11 is 0. The molecule has 3 aromatic carbocycles. The van der Waals surface area contributed by atoms with Crippen molar-refractivity contribution in [1.82, 2.24) is 5.32 Å². The van der Waals surface area contributed by atoms with E-state index in [1.807, 2.05) is 48.5 Å². The number of phenols is 1. The van der Waals surface area contributed by atoms with Crippen LogP contribution in [0.1, 0.15) is 34.3 Å². The number of carboxylic acid groups (broad SMARTS) is 1. The van der Waals surface area contributed by atoms with Crippen LogP contribution in [0, 0.1) is 0 Å². The van der Waals surface area contributed by atoms with Gasteiger partial charge in [0.05, 0.1) is 7.11 Å². The Balaban J connectivity index is 1.39. The summed E-state index contributed by atoms with van der Waals surface area (Å²) in [5.41, 5.74) is 4.55. The highest BCUT2D eigenvalue weighted by Gasteiger charge is 2.29. The Morgan fingerprint density at radius 2 is 1.65 bits per heavy atom. The van der Waals surface area contributed by atoms with Crippen LogP contribution in [0.15, 0.2) is 66.7 Å². The molecule has 0 fully saturated rings. The van der Waals surface area contributed by atoms with E-state index in [1.54, 1.807) is 0 Å². The summed E-state index contributed by atoms with van der Waals surface area (Å²) in [5.74, 6) is -1.73. The van der Waals surface area contributed by atoms with Gasteiger partial charge in [-0.05, 0) is 46.0 Å². The van der Waals surface area contributed by atoms with Gasteiger partial charge in [0.1, 0.15) is 18.8 Å². The summed E-state index contributed by atoms with van der Waals surface area (Å²) in [6.45, 7) is -0.275. The zero-order valence-corrected chi connectivity index (χ0v) is 20.0. The number of aliphatic hydroxyl groups excluding tert-OH is 2. The van der Waals surface area contributed by atoms with E-state index < -0.39 is 30.0 Å². The van der Waals surface area contributed by atoms with E-state index in [1.165, 1.54) is 25.3 Å². The number of aliphatic carboxylic acids is 1. The lowest BCUT2D eigenvalue weighted by Gasteiger charge is -2.21. The van der Waals surface area contributed by atoms with Crippen molar-refractivity contribution >= 4 is 18.1 Å². The number of carbonyl (C=O) groups excluding carboxylic acids is 1. The molecule has 1 aliphatic carbocycles. The molecule has 1 amide bonds. The first kappa shape index (κ1) is 25.7. The first-order chi connectivity index (χ1) is 17.8. The normalized spacial score (nSPS) is 14.0. The molecule has 0 aliphatic heterocycles. The van der Waals surface area contributed by atoms with Gasteiger partial charge in [-0.3, -0.25) is 0 Å². The van der Waals surface area contributed by atoms with Gasteiger partial charge in [-0.25, -0.2) is 9.59 Å². The monoisotopic (exact) mass is 505 g/mol. The number of methoxy groups -OCH3 is 1. The summed E-state index contributed by atoms with van der Waals surface area (Å²) in [4.78, 5) is 23.2. The number of aromatic hydroxyl groups is 1. The van der Waals surface area contributed by atoms with Crippen LogP contribution in [-0.2, 0) is 9.53 Å². The highest BCUT2D eigenvalue weighted by Crippen LogP contribution is 2.44. The molecule has 192 valence electrons. The van der Waals surface area contributed by atoms with Crippen LogP contribution in [0.2, 0.25) is 0 Å². The third kappa shape index (κ3) is 5.58. The van der Waals surface area contributed by atoms with Crippen molar-refractivity contribution in [2.45, 2.75) is 18.1 Å². The Bertz CT molecular complexity index is 1290. The van der Waals surface area contributed by atoms with E-state index in [0.29, 0.717) is 5.56 Å². The van der Waals surface area contributed by atoms with Crippen molar-refractivity contribution in [2.24, 2.45) is 0 Å². The molecule has 0 saturated carbocycles. The third-order valence-electron chi connectivity index (χ3n) is 6.25. The number of benzene rings is 3. The molecule has 0 aromatic heterocycles. The Kier molecular flexibility index (Phi) is 7.76. The van der Waals surface area contributed by atoms with E-state index >= 15 is 0 Å². The number of fused-ring (bicyclic) bond motifs is 3. The number of carbonyl (C=O) groups is 2. The summed E-state index contributed by atoms with van der Waals surface area (Å²) in [6, 6.07) is 18.6. The minimum Gasteiger partial charge on any atom is -0.504 e. The number of amides is 1. The molecule has 4 rings (SSSR count). The van der Waals surface area contributed by atoms with Crippen molar-refractivity contribution in [3.8, 4) is 22.6 Å². The molecule has 5 N–H and O–H groups in total. The van der Waals surface area contributed by atoms with Gasteiger partial charge in [-0.1, -0.05) is 48.5 Å². The number of aliphatic hydroxyl groups is 2. The summed E-state index contributed by atoms with van der Waals surface area (Å²) < 4.78 is 10.5. The lowest BCUT2D eigenvalue weighted by atomic mass is 9.98. The molecule has 3 aromatic rings.